The zero-order valence-electron chi connectivity index (χ0n) is 19.2. The number of carbonyl (C=O) groups is 1. The van der Waals surface area contributed by atoms with Gasteiger partial charge < -0.3 is 16.6 Å². The van der Waals surface area contributed by atoms with Crippen LogP contribution in [-0.4, -0.2) is 58.1 Å². The van der Waals surface area contributed by atoms with Crippen LogP contribution in [0.3, 0.4) is 0 Å². The standard InChI is InChI=1S/C13H17N3.C13H18N2O2/c14-11-13(15)6-8-16(9-7-13)10-12-4-2-1-3-5-12;14-13(12(16)17)6-8-15(9-7-13)10-11-4-2-1-3-5-11/h1-5H,6-10,15H2;1-5H,6-10,14H2,(H,16,17). The molecule has 7 heteroatoms. The number of benzene rings is 2. The molecule has 0 bridgehead atoms. The molecular formula is C26H35N5O2. The summed E-state index contributed by atoms with van der Waals surface area (Å²) in [6.45, 7) is 5.16. The van der Waals surface area contributed by atoms with E-state index in [0.29, 0.717) is 12.8 Å². The average molecular weight is 450 g/mol. The molecule has 2 heterocycles. The average Bonchev–Trinajstić information content (AvgIpc) is 2.84. The Morgan fingerprint density at radius 2 is 1.21 bits per heavy atom. The van der Waals surface area contributed by atoms with Gasteiger partial charge >= 0.3 is 5.97 Å². The number of nitrogens with two attached hydrogens (primary N) is 2. The highest BCUT2D eigenvalue weighted by atomic mass is 16.4. The van der Waals surface area contributed by atoms with Gasteiger partial charge in [0, 0.05) is 39.3 Å². The SMILES string of the molecule is N#CC1(N)CCN(Cc2ccccc2)CC1.NC1(C(=O)O)CCN(Cc2ccccc2)CC1. The number of carboxylic acid groups (broad SMARTS) is 1. The molecule has 2 aromatic rings. The molecule has 5 N–H and O–H groups in total. The van der Waals surface area contributed by atoms with E-state index in [2.05, 4.69) is 52.3 Å². The first kappa shape index (κ1) is 24.9. The van der Waals surface area contributed by atoms with Gasteiger partial charge in [-0.05, 0) is 36.8 Å². The van der Waals surface area contributed by atoms with Gasteiger partial charge in [-0.15, -0.1) is 0 Å². The van der Waals surface area contributed by atoms with E-state index >= 15 is 0 Å². The molecule has 7 nitrogen and oxygen atoms in total. The Kier molecular flexibility index (Phi) is 8.59. The van der Waals surface area contributed by atoms with Crippen LogP contribution in [-0.2, 0) is 17.9 Å². The van der Waals surface area contributed by atoms with E-state index in [1.165, 1.54) is 11.1 Å². The molecule has 2 aliphatic heterocycles. The van der Waals surface area contributed by atoms with Gasteiger partial charge in [0.15, 0.2) is 0 Å². The number of aliphatic carboxylic acids is 1. The molecule has 0 radical (unpaired) electrons. The van der Waals surface area contributed by atoms with E-state index in [4.69, 9.17) is 21.8 Å². The van der Waals surface area contributed by atoms with Crippen LogP contribution in [0.4, 0.5) is 0 Å². The van der Waals surface area contributed by atoms with Crippen molar-refractivity contribution in [2.24, 2.45) is 11.5 Å². The van der Waals surface area contributed by atoms with Crippen molar-refractivity contribution in [2.45, 2.75) is 49.9 Å². The summed E-state index contributed by atoms with van der Waals surface area (Å²) in [6, 6.07) is 22.8. The zero-order chi connectivity index (χ0) is 23.7. The first-order valence-electron chi connectivity index (χ1n) is 11.6. The van der Waals surface area contributed by atoms with Gasteiger partial charge in [0.1, 0.15) is 11.1 Å². The number of hydrogen-bond donors (Lipinski definition) is 3. The topological polar surface area (TPSA) is 120 Å². The maximum Gasteiger partial charge on any atom is 0.323 e. The summed E-state index contributed by atoms with van der Waals surface area (Å²) in [5, 5.41) is 18.0. The second kappa shape index (κ2) is 11.4. The summed E-state index contributed by atoms with van der Waals surface area (Å²) in [4.78, 5) is 15.6. The zero-order valence-corrected chi connectivity index (χ0v) is 19.2. The first-order chi connectivity index (χ1) is 15.8. The van der Waals surface area contributed by atoms with E-state index < -0.39 is 17.0 Å². The smallest absolute Gasteiger partial charge is 0.323 e. The van der Waals surface area contributed by atoms with Gasteiger partial charge in [-0.25, -0.2) is 0 Å². The summed E-state index contributed by atoms with van der Waals surface area (Å²) in [7, 11) is 0. The number of rotatable bonds is 5. The lowest BCUT2D eigenvalue weighted by Crippen LogP contribution is -2.55. The maximum absolute atomic E-state index is 11.0. The molecule has 2 saturated heterocycles. The highest BCUT2D eigenvalue weighted by Gasteiger charge is 2.37. The molecule has 33 heavy (non-hydrogen) atoms. The minimum absolute atomic E-state index is 0.523. The Bertz CT molecular complexity index is 913. The minimum Gasteiger partial charge on any atom is -0.480 e. The number of nitriles is 1. The Morgan fingerprint density at radius 3 is 1.58 bits per heavy atom. The second-order valence-corrected chi connectivity index (χ2v) is 9.25. The predicted molar refractivity (Wildman–Crippen MR) is 129 cm³/mol. The first-order valence-corrected chi connectivity index (χ1v) is 11.6. The van der Waals surface area contributed by atoms with Crippen molar-refractivity contribution in [3.8, 4) is 6.07 Å². The Labute approximate surface area is 196 Å². The van der Waals surface area contributed by atoms with Crippen LogP contribution in [0.1, 0.15) is 36.8 Å². The van der Waals surface area contributed by atoms with Crippen molar-refractivity contribution in [1.29, 1.82) is 5.26 Å². The molecule has 2 aliphatic rings. The third-order valence-electron chi connectivity index (χ3n) is 6.64. The molecule has 2 aromatic carbocycles. The molecule has 0 aliphatic carbocycles. The van der Waals surface area contributed by atoms with E-state index in [1.807, 2.05) is 24.3 Å². The molecule has 0 unspecified atom stereocenters. The van der Waals surface area contributed by atoms with Gasteiger partial charge in [-0.3, -0.25) is 14.6 Å². The number of likely N-dealkylation sites (tertiary alicyclic amines) is 2. The van der Waals surface area contributed by atoms with Crippen LogP contribution in [0.5, 0.6) is 0 Å². The fraction of sp³-hybridized carbons (Fsp3) is 0.462. The van der Waals surface area contributed by atoms with E-state index in [1.54, 1.807) is 0 Å². The summed E-state index contributed by atoms with van der Waals surface area (Å²) < 4.78 is 0. The van der Waals surface area contributed by atoms with E-state index in [9.17, 15) is 4.79 Å². The molecule has 0 amide bonds. The molecule has 2 fully saturated rings. The highest BCUT2D eigenvalue weighted by molar-refractivity contribution is 5.78. The van der Waals surface area contributed by atoms with Crippen molar-refractivity contribution in [2.75, 3.05) is 26.2 Å². The molecule has 4 rings (SSSR count). The summed E-state index contributed by atoms with van der Waals surface area (Å²) in [5.41, 5.74) is 12.7. The molecule has 0 atom stereocenters. The Hall–Kier alpha value is -2.76. The largest absolute Gasteiger partial charge is 0.480 e. The lowest BCUT2D eigenvalue weighted by Gasteiger charge is -2.36. The number of nitrogens with zero attached hydrogens (tertiary/aromatic N) is 3. The van der Waals surface area contributed by atoms with Crippen LogP contribution < -0.4 is 11.5 Å². The predicted octanol–water partition coefficient (Wildman–Crippen LogP) is 2.57. The number of piperidine rings is 2. The Morgan fingerprint density at radius 1 is 0.818 bits per heavy atom. The molecule has 0 aromatic heterocycles. The lowest BCUT2D eigenvalue weighted by atomic mass is 9.88. The monoisotopic (exact) mass is 449 g/mol. The molecule has 176 valence electrons. The maximum atomic E-state index is 11.0. The summed E-state index contributed by atoms with van der Waals surface area (Å²) >= 11 is 0. The number of carboxylic acids is 1. The number of hydrogen-bond acceptors (Lipinski definition) is 6. The van der Waals surface area contributed by atoms with Crippen LogP contribution in [0.15, 0.2) is 60.7 Å². The summed E-state index contributed by atoms with van der Waals surface area (Å²) in [6.07, 6.45) is 2.59. The van der Waals surface area contributed by atoms with Gasteiger partial charge in [-0.2, -0.15) is 5.26 Å². The van der Waals surface area contributed by atoms with Gasteiger partial charge in [0.05, 0.1) is 6.07 Å². The van der Waals surface area contributed by atoms with Crippen molar-refractivity contribution in [1.82, 2.24) is 9.80 Å². The van der Waals surface area contributed by atoms with Gasteiger partial charge in [0.25, 0.3) is 0 Å². The van der Waals surface area contributed by atoms with E-state index in [-0.39, 0.29) is 0 Å². The fourth-order valence-corrected chi connectivity index (χ4v) is 4.23. The normalized spacial score (nSPS) is 20.2. The second-order valence-electron chi connectivity index (χ2n) is 9.25. The van der Waals surface area contributed by atoms with Crippen LogP contribution in [0.2, 0.25) is 0 Å². The molecule has 0 spiro atoms. The lowest BCUT2D eigenvalue weighted by molar-refractivity contribution is -0.145. The quantitative estimate of drug-likeness (QED) is 0.642. The van der Waals surface area contributed by atoms with Gasteiger partial charge in [0.2, 0.25) is 0 Å². The van der Waals surface area contributed by atoms with Crippen molar-refractivity contribution in [3.63, 3.8) is 0 Å². The van der Waals surface area contributed by atoms with Crippen molar-refractivity contribution >= 4 is 5.97 Å². The third-order valence-corrected chi connectivity index (χ3v) is 6.64. The third kappa shape index (κ3) is 7.37. The van der Waals surface area contributed by atoms with E-state index in [0.717, 1.165) is 52.1 Å². The van der Waals surface area contributed by atoms with Crippen LogP contribution >= 0.6 is 0 Å². The van der Waals surface area contributed by atoms with Gasteiger partial charge in [-0.1, -0.05) is 60.7 Å². The van der Waals surface area contributed by atoms with Crippen molar-refractivity contribution in [3.05, 3.63) is 71.8 Å². The highest BCUT2D eigenvalue weighted by Crippen LogP contribution is 2.22. The minimum atomic E-state index is -1.02. The van der Waals surface area contributed by atoms with Crippen LogP contribution in [0.25, 0.3) is 0 Å². The van der Waals surface area contributed by atoms with Crippen molar-refractivity contribution < 1.29 is 9.90 Å². The molecular weight excluding hydrogens is 414 g/mol. The molecule has 0 saturated carbocycles. The Balaban J connectivity index is 0.000000186. The fourth-order valence-electron chi connectivity index (χ4n) is 4.23. The summed E-state index contributed by atoms with van der Waals surface area (Å²) in [5.74, 6) is -0.878. The van der Waals surface area contributed by atoms with Crippen LogP contribution in [0, 0.1) is 11.3 Å².